The van der Waals surface area contributed by atoms with Gasteiger partial charge in [0.15, 0.2) is 11.6 Å². The molecule has 0 saturated heterocycles. The van der Waals surface area contributed by atoms with E-state index in [1.165, 1.54) is 11.3 Å². The molecule has 0 spiro atoms. The number of nitrogens with zero attached hydrogens (tertiary/aromatic N) is 2. The summed E-state index contributed by atoms with van der Waals surface area (Å²) in [6, 6.07) is 1.58. The van der Waals surface area contributed by atoms with Crippen molar-refractivity contribution >= 4 is 22.7 Å². The third-order valence-corrected chi connectivity index (χ3v) is 3.15. The Labute approximate surface area is 125 Å². The predicted octanol–water partition coefficient (Wildman–Crippen LogP) is 4.07. The highest BCUT2D eigenvalue weighted by molar-refractivity contribution is 7.13. The van der Waals surface area contributed by atoms with E-state index in [0.29, 0.717) is 11.2 Å². The second-order valence-electron chi connectivity index (χ2n) is 3.99. The highest BCUT2D eigenvalue weighted by Gasteiger charge is 2.33. The molecule has 1 aromatic heterocycles. The van der Waals surface area contributed by atoms with Crippen LogP contribution in [0.4, 0.5) is 27.1 Å². The van der Waals surface area contributed by atoms with E-state index in [1.54, 1.807) is 12.3 Å². The van der Waals surface area contributed by atoms with E-state index in [9.17, 15) is 22.0 Å². The first-order valence-corrected chi connectivity index (χ1v) is 6.59. The molecule has 22 heavy (non-hydrogen) atoms. The molecule has 0 fully saturated rings. The molecule has 0 aliphatic heterocycles. The smallest absolute Gasteiger partial charge is 0.403 e. The van der Waals surface area contributed by atoms with Gasteiger partial charge in [-0.15, -0.1) is 24.5 Å². The standard InChI is InChI=1S/C12H8F5N3OS/c1-6-5-22-11(19-6)20-18-4-7-2-3-8(10(14)9(7)13)21-12(15,16)17/h2-5H,1H3,(H,19,20). The van der Waals surface area contributed by atoms with Crippen LogP contribution in [0.25, 0.3) is 0 Å². The molecule has 118 valence electrons. The maximum Gasteiger partial charge on any atom is 0.573 e. The van der Waals surface area contributed by atoms with Crippen molar-refractivity contribution in [3.63, 3.8) is 0 Å². The van der Waals surface area contributed by atoms with Gasteiger partial charge in [-0.1, -0.05) is 0 Å². The average Bonchev–Trinajstić information content (AvgIpc) is 2.82. The summed E-state index contributed by atoms with van der Waals surface area (Å²) in [7, 11) is 0. The van der Waals surface area contributed by atoms with Crippen LogP contribution in [0.15, 0.2) is 22.6 Å². The van der Waals surface area contributed by atoms with Crippen LogP contribution in [0.5, 0.6) is 5.75 Å². The first kappa shape index (κ1) is 16.1. The molecule has 2 rings (SSSR count). The molecule has 0 aliphatic carbocycles. The van der Waals surface area contributed by atoms with E-state index in [0.717, 1.165) is 18.0 Å². The monoisotopic (exact) mass is 337 g/mol. The van der Waals surface area contributed by atoms with Crippen LogP contribution < -0.4 is 10.2 Å². The topological polar surface area (TPSA) is 46.5 Å². The Morgan fingerprint density at radius 3 is 2.59 bits per heavy atom. The minimum atomic E-state index is -5.10. The summed E-state index contributed by atoms with van der Waals surface area (Å²) in [5.41, 5.74) is 2.91. The summed E-state index contributed by atoms with van der Waals surface area (Å²) in [4.78, 5) is 4.02. The summed E-state index contributed by atoms with van der Waals surface area (Å²) in [6.45, 7) is 1.76. The molecule has 0 saturated carbocycles. The van der Waals surface area contributed by atoms with Gasteiger partial charge in [-0.2, -0.15) is 9.49 Å². The summed E-state index contributed by atoms with van der Waals surface area (Å²) in [5, 5.41) is 5.82. The molecule has 0 atom stereocenters. The fourth-order valence-corrected chi connectivity index (χ4v) is 2.05. The van der Waals surface area contributed by atoms with E-state index in [-0.39, 0.29) is 5.56 Å². The van der Waals surface area contributed by atoms with Crippen LogP contribution >= 0.6 is 11.3 Å². The van der Waals surface area contributed by atoms with Gasteiger partial charge < -0.3 is 4.74 Å². The first-order chi connectivity index (χ1) is 10.3. The van der Waals surface area contributed by atoms with Gasteiger partial charge in [0, 0.05) is 10.9 Å². The molecule has 0 bridgehead atoms. The lowest BCUT2D eigenvalue weighted by Crippen LogP contribution is -2.18. The van der Waals surface area contributed by atoms with Crippen molar-refractivity contribution in [1.29, 1.82) is 0 Å². The number of hydrogen-bond donors (Lipinski definition) is 1. The number of hydrogen-bond acceptors (Lipinski definition) is 5. The van der Waals surface area contributed by atoms with E-state index >= 15 is 0 Å². The zero-order valence-electron chi connectivity index (χ0n) is 10.9. The summed E-state index contributed by atoms with van der Waals surface area (Å²) < 4.78 is 66.4. The lowest BCUT2D eigenvalue weighted by Gasteiger charge is -2.10. The molecule has 0 radical (unpaired) electrons. The number of hydrazone groups is 1. The van der Waals surface area contributed by atoms with Gasteiger partial charge >= 0.3 is 6.36 Å². The molecule has 0 unspecified atom stereocenters. The normalized spacial score (nSPS) is 11.9. The van der Waals surface area contributed by atoms with Crippen molar-refractivity contribution < 1.29 is 26.7 Å². The number of aromatic nitrogens is 1. The molecule has 4 nitrogen and oxygen atoms in total. The van der Waals surface area contributed by atoms with Crippen molar-refractivity contribution in [2.45, 2.75) is 13.3 Å². The van der Waals surface area contributed by atoms with Crippen LogP contribution in [-0.4, -0.2) is 17.6 Å². The summed E-state index contributed by atoms with van der Waals surface area (Å²) >= 11 is 1.25. The average molecular weight is 337 g/mol. The molecule has 1 heterocycles. The Hall–Kier alpha value is -2.23. The lowest BCUT2D eigenvalue weighted by atomic mass is 10.2. The van der Waals surface area contributed by atoms with E-state index < -0.39 is 23.7 Å². The minimum absolute atomic E-state index is 0.340. The highest BCUT2D eigenvalue weighted by Crippen LogP contribution is 2.28. The first-order valence-electron chi connectivity index (χ1n) is 5.71. The fourth-order valence-electron chi connectivity index (χ4n) is 1.41. The van der Waals surface area contributed by atoms with Crippen LogP contribution in [0, 0.1) is 18.6 Å². The summed E-state index contributed by atoms with van der Waals surface area (Å²) in [5.74, 6) is -4.49. The number of thiazole rings is 1. The Bertz CT molecular complexity index is 699. The number of nitrogens with one attached hydrogen (secondary N) is 1. The molecular formula is C12H8F5N3OS. The lowest BCUT2D eigenvalue weighted by molar-refractivity contribution is -0.275. The zero-order valence-corrected chi connectivity index (χ0v) is 11.7. The number of ether oxygens (including phenoxy) is 1. The Balaban J connectivity index is 2.13. The van der Waals surface area contributed by atoms with Crippen molar-refractivity contribution in [1.82, 2.24) is 4.98 Å². The van der Waals surface area contributed by atoms with Crippen molar-refractivity contribution in [3.05, 3.63) is 40.4 Å². The molecule has 0 amide bonds. The van der Waals surface area contributed by atoms with Crippen LogP contribution in [-0.2, 0) is 0 Å². The Morgan fingerprint density at radius 2 is 2.00 bits per heavy atom. The number of halogens is 5. The zero-order chi connectivity index (χ0) is 16.3. The van der Waals surface area contributed by atoms with Crippen LogP contribution in [0.3, 0.4) is 0 Å². The second kappa shape index (κ2) is 6.26. The summed E-state index contributed by atoms with van der Waals surface area (Å²) in [6.07, 6.45) is -4.18. The molecule has 1 aromatic carbocycles. The number of alkyl halides is 3. The van der Waals surface area contributed by atoms with Gasteiger partial charge in [-0.25, -0.2) is 9.37 Å². The third-order valence-electron chi connectivity index (χ3n) is 2.29. The Kier molecular flexibility index (Phi) is 4.59. The second-order valence-corrected chi connectivity index (χ2v) is 4.85. The molecule has 2 aromatic rings. The fraction of sp³-hybridized carbons (Fsp3) is 0.167. The van der Waals surface area contributed by atoms with Crippen molar-refractivity contribution in [3.8, 4) is 5.75 Å². The SMILES string of the molecule is Cc1csc(NN=Cc2ccc(OC(F)(F)F)c(F)c2F)n1. The number of benzene rings is 1. The van der Waals surface area contributed by atoms with Crippen LogP contribution in [0.1, 0.15) is 11.3 Å². The minimum Gasteiger partial charge on any atom is -0.403 e. The van der Waals surface area contributed by atoms with Gasteiger partial charge in [0.05, 0.1) is 11.9 Å². The van der Waals surface area contributed by atoms with E-state index in [2.05, 4.69) is 20.2 Å². The molecule has 10 heteroatoms. The molecule has 0 aliphatic rings. The van der Waals surface area contributed by atoms with Gasteiger partial charge in [0.25, 0.3) is 0 Å². The number of anilines is 1. The van der Waals surface area contributed by atoms with Gasteiger partial charge in [0.2, 0.25) is 10.9 Å². The largest absolute Gasteiger partial charge is 0.573 e. The van der Waals surface area contributed by atoms with Crippen LogP contribution in [0.2, 0.25) is 0 Å². The quantitative estimate of drug-likeness (QED) is 0.520. The predicted molar refractivity (Wildman–Crippen MR) is 71.1 cm³/mol. The van der Waals surface area contributed by atoms with Gasteiger partial charge in [-0.05, 0) is 19.1 Å². The molecular weight excluding hydrogens is 329 g/mol. The van der Waals surface area contributed by atoms with E-state index in [1.807, 2.05) is 0 Å². The van der Waals surface area contributed by atoms with Crippen molar-refractivity contribution in [2.24, 2.45) is 5.10 Å². The highest BCUT2D eigenvalue weighted by atomic mass is 32.1. The number of rotatable bonds is 4. The maximum absolute atomic E-state index is 13.6. The van der Waals surface area contributed by atoms with Gasteiger partial charge in [-0.3, -0.25) is 5.43 Å². The van der Waals surface area contributed by atoms with Crippen molar-refractivity contribution in [2.75, 3.05) is 5.43 Å². The molecule has 1 N–H and O–H groups in total. The Morgan fingerprint density at radius 1 is 1.27 bits per heavy atom. The number of aryl methyl sites for hydroxylation is 1. The van der Waals surface area contributed by atoms with Gasteiger partial charge in [0.1, 0.15) is 0 Å². The maximum atomic E-state index is 13.6. The third kappa shape index (κ3) is 4.13. The van der Waals surface area contributed by atoms with E-state index in [4.69, 9.17) is 0 Å².